The predicted molar refractivity (Wildman–Crippen MR) is 107 cm³/mol. The molecule has 0 radical (unpaired) electrons. The van der Waals surface area contributed by atoms with Crippen LogP contribution in [0.4, 0.5) is 0 Å². The molecule has 3 fully saturated rings. The molecule has 1 spiro atoms. The molecular formula is C21H34N2O2S. The predicted octanol–water partition coefficient (Wildman–Crippen LogP) is 3.13. The van der Waals surface area contributed by atoms with Gasteiger partial charge in [0.1, 0.15) is 0 Å². The van der Waals surface area contributed by atoms with E-state index in [9.17, 15) is 5.11 Å². The molecule has 1 atom stereocenters. The quantitative estimate of drug-likeness (QED) is 0.873. The lowest BCUT2D eigenvalue weighted by Gasteiger charge is -2.53. The van der Waals surface area contributed by atoms with E-state index in [2.05, 4.69) is 28.9 Å². The Kier molecular flexibility index (Phi) is 6.01. The van der Waals surface area contributed by atoms with Crippen molar-refractivity contribution in [3.63, 3.8) is 0 Å². The highest BCUT2D eigenvalue weighted by Crippen LogP contribution is 2.46. The summed E-state index contributed by atoms with van der Waals surface area (Å²) in [6.45, 7) is 10.1. The third-order valence-electron chi connectivity index (χ3n) is 7.17. The molecule has 1 aromatic heterocycles. The lowest BCUT2D eigenvalue weighted by molar-refractivity contribution is -0.0669. The minimum Gasteiger partial charge on any atom is -0.396 e. The summed E-state index contributed by atoms with van der Waals surface area (Å²) in [4.78, 5) is 8.19. The Morgan fingerprint density at radius 3 is 2.54 bits per heavy atom. The van der Waals surface area contributed by atoms with E-state index in [1.54, 1.807) is 0 Å². The van der Waals surface area contributed by atoms with Gasteiger partial charge in [-0.05, 0) is 76.2 Å². The fraction of sp³-hybridized carbons (Fsp3) is 0.810. The number of hydrogen-bond acceptors (Lipinski definition) is 5. The number of aliphatic hydroxyl groups excluding tert-OH is 1. The molecule has 0 bridgehead atoms. The monoisotopic (exact) mass is 378 g/mol. The highest BCUT2D eigenvalue weighted by Gasteiger charge is 2.45. The van der Waals surface area contributed by atoms with Crippen LogP contribution in [-0.2, 0) is 11.3 Å². The second-order valence-corrected chi connectivity index (χ2v) is 9.99. The van der Waals surface area contributed by atoms with E-state index in [1.165, 1.54) is 61.5 Å². The first-order valence-corrected chi connectivity index (χ1v) is 11.2. The zero-order chi connectivity index (χ0) is 18.0. The van der Waals surface area contributed by atoms with Gasteiger partial charge in [0.15, 0.2) is 0 Å². The van der Waals surface area contributed by atoms with Gasteiger partial charge in [0.25, 0.3) is 0 Å². The van der Waals surface area contributed by atoms with Gasteiger partial charge in [-0.25, -0.2) is 0 Å². The molecule has 4 heterocycles. The van der Waals surface area contributed by atoms with Crippen molar-refractivity contribution in [1.82, 2.24) is 9.80 Å². The first-order chi connectivity index (χ1) is 12.7. The van der Waals surface area contributed by atoms with Gasteiger partial charge in [-0.15, -0.1) is 11.3 Å². The number of hydrogen-bond donors (Lipinski definition) is 1. The maximum atomic E-state index is 10.2. The van der Waals surface area contributed by atoms with Crippen LogP contribution in [0, 0.1) is 18.3 Å². The summed E-state index contributed by atoms with van der Waals surface area (Å²) in [7, 11) is 0. The second-order valence-electron chi connectivity index (χ2n) is 8.62. The first-order valence-electron chi connectivity index (χ1n) is 10.4. The smallest absolute Gasteiger partial charge is 0.0480 e. The second kappa shape index (κ2) is 8.27. The van der Waals surface area contributed by atoms with E-state index in [1.807, 2.05) is 11.3 Å². The van der Waals surface area contributed by atoms with Gasteiger partial charge in [-0.1, -0.05) is 0 Å². The lowest BCUT2D eigenvalue weighted by Crippen LogP contribution is -2.56. The summed E-state index contributed by atoms with van der Waals surface area (Å²) in [5.74, 6) is 0.449. The number of rotatable bonds is 4. The standard InChI is InChI=1S/C21H34N2O2S/c1-17-2-3-20(26-17)15-22-9-6-21(7-10-22)8-11-23(14-18(21)16-24)19-4-12-25-13-5-19/h2-3,18-19,24H,4-16H2,1H3. The number of aliphatic hydroxyl groups is 1. The minimum atomic E-state index is 0.351. The van der Waals surface area contributed by atoms with Crippen LogP contribution in [0.25, 0.3) is 0 Å². The van der Waals surface area contributed by atoms with E-state index in [0.29, 0.717) is 24.0 Å². The van der Waals surface area contributed by atoms with Crippen molar-refractivity contribution in [2.75, 3.05) is 46.0 Å². The summed E-state index contributed by atoms with van der Waals surface area (Å²) in [5, 5.41) is 10.2. The molecule has 1 aromatic rings. The Labute approximate surface area is 162 Å². The summed E-state index contributed by atoms with van der Waals surface area (Å²) >= 11 is 1.93. The molecule has 3 saturated heterocycles. The van der Waals surface area contributed by atoms with E-state index in [0.717, 1.165) is 26.3 Å². The largest absolute Gasteiger partial charge is 0.396 e. The number of ether oxygens (including phenoxy) is 1. The van der Waals surface area contributed by atoms with Crippen LogP contribution in [0.3, 0.4) is 0 Å². The minimum absolute atomic E-state index is 0.351. The van der Waals surface area contributed by atoms with E-state index >= 15 is 0 Å². The molecule has 3 aliphatic rings. The summed E-state index contributed by atoms with van der Waals surface area (Å²) in [5.41, 5.74) is 0.373. The maximum absolute atomic E-state index is 10.2. The Balaban J connectivity index is 1.33. The Morgan fingerprint density at radius 2 is 1.88 bits per heavy atom. The van der Waals surface area contributed by atoms with Gasteiger partial charge < -0.3 is 9.84 Å². The van der Waals surface area contributed by atoms with Crippen LogP contribution in [0.15, 0.2) is 12.1 Å². The highest BCUT2D eigenvalue weighted by atomic mass is 32.1. The number of piperidine rings is 2. The number of aryl methyl sites for hydroxylation is 1. The maximum Gasteiger partial charge on any atom is 0.0480 e. The van der Waals surface area contributed by atoms with Crippen molar-refractivity contribution in [1.29, 1.82) is 0 Å². The molecule has 4 rings (SSSR count). The first kappa shape index (κ1) is 18.9. The van der Waals surface area contributed by atoms with Crippen molar-refractivity contribution < 1.29 is 9.84 Å². The molecule has 5 heteroatoms. The Hall–Kier alpha value is -0.460. The third kappa shape index (κ3) is 4.02. The molecule has 0 amide bonds. The SMILES string of the molecule is Cc1ccc(CN2CCC3(CC2)CCN(C2CCOCC2)CC3CO)s1. The third-order valence-corrected chi connectivity index (χ3v) is 8.16. The van der Waals surface area contributed by atoms with E-state index in [-0.39, 0.29) is 0 Å². The van der Waals surface area contributed by atoms with Crippen LogP contribution < -0.4 is 0 Å². The topological polar surface area (TPSA) is 35.9 Å². The van der Waals surface area contributed by atoms with Crippen LogP contribution in [0.2, 0.25) is 0 Å². The molecule has 3 aliphatic heterocycles. The normalized spacial score (nSPS) is 28.6. The Bertz CT molecular complexity index is 576. The summed E-state index contributed by atoms with van der Waals surface area (Å²) in [6, 6.07) is 5.20. The fourth-order valence-electron chi connectivity index (χ4n) is 5.38. The molecule has 0 saturated carbocycles. The van der Waals surface area contributed by atoms with Crippen molar-refractivity contribution >= 4 is 11.3 Å². The van der Waals surface area contributed by atoms with Gasteiger partial charge in [-0.3, -0.25) is 9.80 Å². The van der Waals surface area contributed by atoms with Gasteiger partial charge >= 0.3 is 0 Å². The number of thiophene rings is 1. The molecule has 0 aliphatic carbocycles. The molecule has 1 unspecified atom stereocenters. The lowest BCUT2D eigenvalue weighted by atomic mass is 9.64. The van der Waals surface area contributed by atoms with Crippen molar-refractivity contribution in [3.8, 4) is 0 Å². The Morgan fingerprint density at radius 1 is 1.15 bits per heavy atom. The van der Waals surface area contributed by atoms with Gasteiger partial charge in [-0.2, -0.15) is 0 Å². The summed E-state index contributed by atoms with van der Waals surface area (Å²) < 4.78 is 5.53. The van der Waals surface area contributed by atoms with Gasteiger partial charge in [0.2, 0.25) is 0 Å². The van der Waals surface area contributed by atoms with E-state index in [4.69, 9.17) is 4.74 Å². The van der Waals surface area contributed by atoms with Gasteiger partial charge in [0, 0.05) is 54.6 Å². The van der Waals surface area contributed by atoms with Crippen molar-refractivity contribution in [2.45, 2.75) is 51.6 Å². The van der Waals surface area contributed by atoms with Gasteiger partial charge in [0.05, 0.1) is 0 Å². The fourth-order valence-corrected chi connectivity index (χ4v) is 6.31. The average Bonchev–Trinajstić information content (AvgIpc) is 3.09. The van der Waals surface area contributed by atoms with Crippen LogP contribution in [-0.4, -0.2) is 66.9 Å². The van der Waals surface area contributed by atoms with Crippen molar-refractivity contribution in [2.24, 2.45) is 11.3 Å². The van der Waals surface area contributed by atoms with E-state index < -0.39 is 0 Å². The number of likely N-dealkylation sites (tertiary alicyclic amines) is 2. The van der Waals surface area contributed by atoms with Crippen LogP contribution >= 0.6 is 11.3 Å². The molecular weight excluding hydrogens is 344 g/mol. The zero-order valence-corrected chi connectivity index (χ0v) is 17.0. The van der Waals surface area contributed by atoms with Crippen LogP contribution in [0.1, 0.15) is 41.9 Å². The molecule has 26 heavy (non-hydrogen) atoms. The van der Waals surface area contributed by atoms with Crippen molar-refractivity contribution in [3.05, 3.63) is 21.9 Å². The van der Waals surface area contributed by atoms with Crippen LogP contribution in [0.5, 0.6) is 0 Å². The molecule has 1 N–H and O–H groups in total. The summed E-state index contributed by atoms with van der Waals surface area (Å²) in [6.07, 6.45) is 6.11. The molecule has 0 aromatic carbocycles. The average molecular weight is 379 g/mol. The highest BCUT2D eigenvalue weighted by molar-refractivity contribution is 7.11. The zero-order valence-electron chi connectivity index (χ0n) is 16.2. The number of nitrogens with zero attached hydrogens (tertiary/aromatic N) is 2. The molecule has 4 nitrogen and oxygen atoms in total. The molecule has 146 valence electrons.